The van der Waals surface area contributed by atoms with Gasteiger partial charge in [0.2, 0.25) is 0 Å². The number of imidazole rings is 1. The molecule has 0 bridgehead atoms. The maximum absolute atomic E-state index is 10.8. The van der Waals surface area contributed by atoms with Crippen molar-refractivity contribution in [2.75, 3.05) is 0 Å². The quantitative estimate of drug-likeness (QED) is 0.122. The number of benzene rings is 4. The molecule has 4 aromatic carbocycles. The van der Waals surface area contributed by atoms with Gasteiger partial charge in [-0.25, -0.2) is 4.98 Å². The molecule has 9 heteroatoms. The molecule has 0 aliphatic carbocycles. The number of hydrogen-bond donors (Lipinski definition) is 2. The summed E-state index contributed by atoms with van der Waals surface area (Å²) < 4.78 is 0. The van der Waals surface area contributed by atoms with Crippen LogP contribution in [0, 0.1) is 10.1 Å². The highest BCUT2D eigenvalue weighted by atomic mass is 16.6. The number of aromatic nitrogens is 2. The molecule has 0 aliphatic rings. The standard InChI is InChI=1S/C26H18N6O3/c33-25-14-11-19(31-30-18-9-12-20(13-10-18)32(34)35)15-17(25)16-27-22-6-2-1-5-21(22)26-28-23-7-3-4-8-24(23)29-26/h1-16,33H,(H,28,29). The molecular weight excluding hydrogens is 444 g/mol. The number of rotatable bonds is 6. The highest BCUT2D eigenvalue weighted by Gasteiger charge is 2.09. The van der Waals surface area contributed by atoms with Crippen molar-refractivity contribution >= 4 is 40.0 Å². The third kappa shape index (κ3) is 4.79. The zero-order valence-corrected chi connectivity index (χ0v) is 18.2. The fourth-order valence-electron chi connectivity index (χ4n) is 3.47. The number of hydrogen-bond acceptors (Lipinski definition) is 7. The minimum absolute atomic E-state index is 0.0185. The topological polar surface area (TPSA) is 129 Å². The van der Waals surface area contributed by atoms with Crippen LogP contribution in [0.5, 0.6) is 5.75 Å². The first-order valence-electron chi connectivity index (χ1n) is 10.6. The molecule has 0 radical (unpaired) electrons. The van der Waals surface area contributed by atoms with Crippen molar-refractivity contribution in [3.05, 3.63) is 107 Å². The summed E-state index contributed by atoms with van der Waals surface area (Å²) in [5.74, 6) is 0.748. The number of aromatic amines is 1. The number of aromatic hydroxyl groups is 1. The summed E-state index contributed by atoms with van der Waals surface area (Å²) >= 11 is 0. The van der Waals surface area contributed by atoms with Gasteiger partial charge < -0.3 is 10.1 Å². The van der Waals surface area contributed by atoms with Crippen LogP contribution in [0.4, 0.5) is 22.7 Å². The van der Waals surface area contributed by atoms with E-state index in [4.69, 9.17) is 0 Å². The molecule has 0 fully saturated rings. The molecule has 35 heavy (non-hydrogen) atoms. The highest BCUT2D eigenvalue weighted by Crippen LogP contribution is 2.31. The Morgan fingerprint density at radius 1 is 0.886 bits per heavy atom. The number of nitro groups is 1. The van der Waals surface area contributed by atoms with Gasteiger partial charge in [-0.15, -0.1) is 0 Å². The fraction of sp³-hybridized carbons (Fsp3) is 0. The van der Waals surface area contributed by atoms with Gasteiger partial charge in [0, 0.05) is 29.5 Å². The van der Waals surface area contributed by atoms with E-state index in [1.54, 1.807) is 18.3 Å². The van der Waals surface area contributed by atoms with Crippen LogP contribution in [0.15, 0.2) is 106 Å². The third-order valence-corrected chi connectivity index (χ3v) is 5.24. The lowest BCUT2D eigenvalue weighted by Crippen LogP contribution is -1.85. The first kappa shape index (κ1) is 21.7. The molecule has 0 unspecified atom stereocenters. The van der Waals surface area contributed by atoms with Crippen LogP contribution in [-0.2, 0) is 0 Å². The Bertz CT molecular complexity index is 1560. The number of phenolic OH excluding ortho intramolecular Hbond substituents is 1. The number of H-pyrrole nitrogens is 1. The van der Waals surface area contributed by atoms with Gasteiger partial charge in [0.05, 0.1) is 33.0 Å². The average molecular weight is 462 g/mol. The number of nitrogens with one attached hydrogen (secondary N) is 1. The van der Waals surface area contributed by atoms with Crippen molar-refractivity contribution in [1.82, 2.24) is 9.97 Å². The predicted molar refractivity (Wildman–Crippen MR) is 134 cm³/mol. The normalized spacial score (nSPS) is 11.5. The van der Waals surface area contributed by atoms with Crippen LogP contribution in [0.3, 0.4) is 0 Å². The molecule has 5 aromatic rings. The molecule has 9 nitrogen and oxygen atoms in total. The van der Waals surface area contributed by atoms with Crippen molar-refractivity contribution < 1.29 is 10.0 Å². The van der Waals surface area contributed by atoms with E-state index >= 15 is 0 Å². The second-order valence-electron chi connectivity index (χ2n) is 7.59. The molecule has 5 rings (SSSR count). The van der Waals surface area contributed by atoms with Crippen LogP contribution >= 0.6 is 0 Å². The number of fused-ring (bicyclic) bond motifs is 1. The van der Waals surface area contributed by atoms with Crippen molar-refractivity contribution in [3.63, 3.8) is 0 Å². The Hall–Kier alpha value is -5.18. The smallest absolute Gasteiger partial charge is 0.269 e. The summed E-state index contributed by atoms with van der Waals surface area (Å²) in [5, 5.41) is 29.4. The highest BCUT2D eigenvalue weighted by molar-refractivity contribution is 5.89. The van der Waals surface area contributed by atoms with Gasteiger partial charge in [0.1, 0.15) is 11.6 Å². The van der Waals surface area contributed by atoms with Gasteiger partial charge in [-0.1, -0.05) is 24.3 Å². The number of phenols is 1. The number of nitro benzene ring substituents is 1. The fourth-order valence-corrected chi connectivity index (χ4v) is 3.47. The van der Waals surface area contributed by atoms with Crippen molar-refractivity contribution in [3.8, 4) is 17.1 Å². The molecule has 0 spiro atoms. The Morgan fingerprint density at radius 2 is 1.60 bits per heavy atom. The van der Waals surface area contributed by atoms with Crippen molar-refractivity contribution in [2.24, 2.45) is 15.2 Å². The van der Waals surface area contributed by atoms with Gasteiger partial charge in [-0.2, -0.15) is 10.2 Å². The maximum atomic E-state index is 10.8. The van der Waals surface area contributed by atoms with Gasteiger partial charge >= 0.3 is 0 Å². The summed E-state index contributed by atoms with van der Waals surface area (Å²) in [6, 6.07) is 25.9. The number of azo groups is 1. The van der Waals surface area contributed by atoms with Gasteiger partial charge in [-0.05, 0) is 54.6 Å². The lowest BCUT2D eigenvalue weighted by Gasteiger charge is -2.03. The van der Waals surface area contributed by atoms with Crippen LogP contribution in [0.25, 0.3) is 22.4 Å². The Kier molecular flexibility index (Phi) is 5.79. The van der Waals surface area contributed by atoms with E-state index in [1.807, 2.05) is 48.5 Å². The predicted octanol–water partition coefficient (Wildman–Crippen LogP) is 7.01. The first-order chi connectivity index (χ1) is 17.1. The summed E-state index contributed by atoms with van der Waals surface area (Å²) in [4.78, 5) is 22.9. The number of aliphatic imine (C=N–C) groups is 1. The molecule has 0 saturated heterocycles. The molecule has 0 amide bonds. The molecule has 1 heterocycles. The van der Waals surface area contributed by atoms with Gasteiger partial charge in [-0.3, -0.25) is 15.1 Å². The van der Waals surface area contributed by atoms with E-state index < -0.39 is 4.92 Å². The van der Waals surface area contributed by atoms with E-state index in [0.717, 1.165) is 16.6 Å². The summed E-state index contributed by atoms with van der Waals surface area (Å²) in [5.41, 5.74) is 4.72. The van der Waals surface area contributed by atoms with Crippen molar-refractivity contribution in [2.45, 2.75) is 0 Å². The van der Waals surface area contributed by atoms with E-state index in [9.17, 15) is 15.2 Å². The molecular formula is C26H18N6O3. The SMILES string of the molecule is O=[N+]([O-])c1ccc(N=Nc2ccc(O)c(C=Nc3ccccc3-c3nc4ccccc4[nH]3)c2)cc1. The van der Waals surface area contributed by atoms with Crippen LogP contribution in [0.2, 0.25) is 0 Å². The summed E-state index contributed by atoms with van der Waals surface area (Å²) in [6.45, 7) is 0. The second kappa shape index (κ2) is 9.36. The number of non-ortho nitro benzene ring substituents is 1. The van der Waals surface area contributed by atoms with E-state index in [2.05, 4.69) is 25.2 Å². The van der Waals surface area contributed by atoms with Gasteiger partial charge in [0.25, 0.3) is 5.69 Å². The zero-order chi connectivity index (χ0) is 24.2. The minimum atomic E-state index is -0.473. The average Bonchev–Trinajstić information content (AvgIpc) is 3.32. The first-order valence-corrected chi connectivity index (χ1v) is 10.6. The summed E-state index contributed by atoms with van der Waals surface area (Å²) in [7, 11) is 0. The largest absolute Gasteiger partial charge is 0.507 e. The van der Waals surface area contributed by atoms with E-state index in [-0.39, 0.29) is 11.4 Å². The Labute approximate surface area is 199 Å². The molecule has 0 aliphatic heterocycles. The molecule has 1 aromatic heterocycles. The maximum Gasteiger partial charge on any atom is 0.269 e. The molecule has 0 atom stereocenters. The van der Waals surface area contributed by atoms with Gasteiger partial charge in [0.15, 0.2) is 0 Å². The monoisotopic (exact) mass is 462 g/mol. The third-order valence-electron chi connectivity index (χ3n) is 5.24. The van der Waals surface area contributed by atoms with Crippen LogP contribution in [0.1, 0.15) is 5.56 Å². The number of nitrogens with zero attached hydrogens (tertiary/aromatic N) is 5. The minimum Gasteiger partial charge on any atom is -0.507 e. The van der Waals surface area contributed by atoms with E-state index in [0.29, 0.717) is 28.5 Å². The lowest BCUT2D eigenvalue weighted by molar-refractivity contribution is -0.384. The van der Waals surface area contributed by atoms with Crippen molar-refractivity contribution in [1.29, 1.82) is 0 Å². The molecule has 0 saturated carbocycles. The van der Waals surface area contributed by atoms with Crippen LogP contribution < -0.4 is 0 Å². The number of para-hydroxylation sites is 3. The summed E-state index contributed by atoms with van der Waals surface area (Å²) in [6.07, 6.45) is 1.56. The lowest BCUT2D eigenvalue weighted by atomic mass is 10.1. The molecule has 170 valence electrons. The Morgan fingerprint density at radius 3 is 2.40 bits per heavy atom. The van der Waals surface area contributed by atoms with E-state index in [1.165, 1.54) is 30.3 Å². The second-order valence-corrected chi connectivity index (χ2v) is 7.59. The Balaban J connectivity index is 1.41. The van der Waals surface area contributed by atoms with Crippen LogP contribution in [-0.4, -0.2) is 26.2 Å². The molecule has 2 N–H and O–H groups in total. The zero-order valence-electron chi connectivity index (χ0n) is 18.2.